The number of hydrogen-bond acceptors (Lipinski definition) is 2. The molecule has 2 amide bonds. The largest absolute Gasteiger partial charge is 0.508 e. The average molecular weight is 525 g/mol. The zero-order valence-corrected chi connectivity index (χ0v) is 23.9. The Kier molecular flexibility index (Phi) is 9.45. The fourth-order valence-electron chi connectivity index (χ4n) is 6.58. The molecule has 0 aliphatic heterocycles. The van der Waals surface area contributed by atoms with E-state index in [4.69, 9.17) is 11.6 Å². The number of para-hydroxylation sites is 1. The van der Waals surface area contributed by atoms with Gasteiger partial charge in [-0.05, 0) is 78.2 Å². The molecule has 0 unspecified atom stereocenters. The highest BCUT2D eigenvalue weighted by molar-refractivity contribution is 6.31. The van der Waals surface area contributed by atoms with Crippen LogP contribution in [0.2, 0.25) is 5.02 Å². The molecule has 202 valence electrons. The summed E-state index contributed by atoms with van der Waals surface area (Å²) in [5.74, 6) is 2.42. The fraction of sp³-hybridized carbons (Fsp3) is 0.594. The van der Waals surface area contributed by atoms with Crippen molar-refractivity contribution < 1.29 is 9.90 Å². The van der Waals surface area contributed by atoms with Gasteiger partial charge in [0.25, 0.3) is 0 Å². The Hall–Kier alpha value is -2.20. The summed E-state index contributed by atoms with van der Waals surface area (Å²) >= 11 is 6.52. The molecule has 5 heteroatoms. The van der Waals surface area contributed by atoms with Gasteiger partial charge in [0, 0.05) is 23.3 Å². The second-order valence-electron chi connectivity index (χ2n) is 11.9. The molecule has 2 aliphatic rings. The maximum Gasteiger partial charge on any atom is 0.322 e. The SMILES string of the molecule is CC(C)c1cccc(C(C)C)c1NC(=O)N(Cc1ccc(O)cc1Cl)C1CCC(C2CCCCC2)CC1. The lowest BCUT2D eigenvalue weighted by atomic mass is 9.72. The molecule has 2 aromatic rings. The molecule has 2 aromatic carbocycles. The summed E-state index contributed by atoms with van der Waals surface area (Å²) in [5, 5.41) is 13.7. The molecule has 0 atom stereocenters. The maximum atomic E-state index is 14.0. The average Bonchev–Trinajstić information content (AvgIpc) is 2.88. The van der Waals surface area contributed by atoms with Crippen molar-refractivity contribution in [1.29, 1.82) is 0 Å². The van der Waals surface area contributed by atoms with E-state index < -0.39 is 0 Å². The molecule has 4 rings (SSSR count). The van der Waals surface area contributed by atoms with Crippen LogP contribution in [0.25, 0.3) is 0 Å². The van der Waals surface area contributed by atoms with Crippen LogP contribution in [-0.4, -0.2) is 22.1 Å². The Morgan fingerprint density at radius 2 is 1.51 bits per heavy atom. The molecule has 0 radical (unpaired) electrons. The van der Waals surface area contributed by atoms with Crippen molar-refractivity contribution in [1.82, 2.24) is 4.90 Å². The lowest BCUT2D eigenvalue weighted by Gasteiger charge is -2.40. The normalized spacial score (nSPS) is 20.8. The molecule has 2 fully saturated rings. The van der Waals surface area contributed by atoms with E-state index in [2.05, 4.69) is 51.2 Å². The Morgan fingerprint density at radius 3 is 2.08 bits per heavy atom. The van der Waals surface area contributed by atoms with E-state index in [1.54, 1.807) is 12.1 Å². The first-order valence-electron chi connectivity index (χ1n) is 14.4. The van der Waals surface area contributed by atoms with Crippen LogP contribution in [0.15, 0.2) is 36.4 Å². The van der Waals surface area contributed by atoms with Gasteiger partial charge < -0.3 is 15.3 Å². The molecule has 2 saturated carbocycles. The van der Waals surface area contributed by atoms with E-state index in [-0.39, 0.29) is 17.8 Å². The number of amides is 2. The summed E-state index contributed by atoms with van der Waals surface area (Å²) in [6, 6.07) is 11.5. The molecule has 0 spiro atoms. The number of hydrogen-bond donors (Lipinski definition) is 2. The van der Waals surface area contributed by atoms with Gasteiger partial charge in [-0.2, -0.15) is 0 Å². The molecule has 0 bridgehead atoms. The van der Waals surface area contributed by atoms with Crippen LogP contribution >= 0.6 is 11.6 Å². The number of benzene rings is 2. The number of nitrogens with one attached hydrogen (secondary N) is 1. The summed E-state index contributed by atoms with van der Waals surface area (Å²) < 4.78 is 0. The Bertz CT molecular complexity index is 1030. The summed E-state index contributed by atoms with van der Waals surface area (Å²) in [7, 11) is 0. The molecule has 37 heavy (non-hydrogen) atoms. The second-order valence-corrected chi connectivity index (χ2v) is 12.3. The Balaban J connectivity index is 1.58. The highest BCUT2D eigenvalue weighted by Gasteiger charge is 2.33. The third-order valence-corrected chi connectivity index (χ3v) is 9.09. The summed E-state index contributed by atoms with van der Waals surface area (Å²) in [6.45, 7) is 9.14. The molecule has 2 N–H and O–H groups in total. The minimum absolute atomic E-state index is 0.0553. The van der Waals surface area contributed by atoms with Crippen LogP contribution < -0.4 is 5.32 Å². The molecular weight excluding hydrogens is 480 g/mol. The van der Waals surface area contributed by atoms with E-state index in [0.717, 1.165) is 35.9 Å². The number of halogens is 1. The standard InChI is InChI=1S/C32H45ClN2O2/c1-21(2)28-11-8-12-29(22(3)4)31(28)34-32(37)35(20-25-15-18-27(36)19-30(25)33)26-16-13-24(14-17-26)23-9-6-5-7-10-23/h8,11-12,15,18-19,21-24,26,36H,5-7,9-10,13-14,16-17,20H2,1-4H3,(H,34,37). The summed E-state index contributed by atoms with van der Waals surface area (Å²) in [4.78, 5) is 16.1. The minimum atomic E-state index is -0.0553. The number of rotatable bonds is 7. The molecule has 0 saturated heterocycles. The van der Waals surface area contributed by atoms with Gasteiger partial charge in [0.2, 0.25) is 0 Å². The van der Waals surface area contributed by atoms with Crippen LogP contribution in [-0.2, 0) is 6.54 Å². The third-order valence-electron chi connectivity index (χ3n) is 8.74. The van der Waals surface area contributed by atoms with Gasteiger partial charge in [-0.15, -0.1) is 0 Å². The van der Waals surface area contributed by atoms with Gasteiger partial charge in [-0.3, -0.25) is 0 Å². The summed E-state index contributed by atoms with van der Waals surface area (Å²) in [6.07, 6.45) is 11.4. The van der Waals surface area contributed by atoms with Crippen molar-refractivity contribution in [3.05, 3.63) is 58.1 Å². The van der Waals surface area contributed by atoms with Crippen molar-refractivity contribution in [2.45, 2.75) is 110 Å². The van der Waals surface area contributed by atoms with Crippen LogP contribution in [0, 0.1) is 11.8 Å². The van der Waals surface area contributed by atoms with Crippen LogP contribution in [0.3, 0.4) is 0 Å². The quantitative estimate of drug-likeness (QED) is 0.379. The van der Waals surface area contributed by atoms with E-state index in [0.29, 0.717) is 23.4 Å². The zero-order chi connectivity index (χ0) is 26.5. The van der Waals surface area contributed by atoms with E-state index in [1.807, 2.05) is 11.0 Å². The molecule has 2 aliphatic carbocycles. The topological polar surface area (TPSA) is 52.6 Å². The minimum Gasteiger partial charge on any atom is -0.508 e. The number of phenols is 1. The van der Waals surface area contributed by atoms with Crippen molar-refractivity contribution in [3.8, 4) is 5.75 Å². The highest BCUT2D eigenvalue weighted by Crippen LogP contribution is 2.40. The van der Waals surface area contributed by atoms with Crippen molar-refractivity contribution in [2.24, 2.45) is 11.8 Å². The van der Waals surface area contributed by atoms with E-state index in [1.165, 1.54) is 56.1 Å². The molecule has 4 nitrogen and oxygen atoms in total. The number of nitrogens with zero attached hydrogens (tertiary/aromatic N) is 1. The number of carbonyl (C=O) groups is 1. The first-order valence-corrected chi connectivity index (χ1v) is 14.8. The predicted molar refractivity (Wildman–Crippen MR) is 155 cm³/mol. The van der Waals surface area contributed by atoms with Crippen LogP contribution in [0.1, 0.15) is 114 Å². The zero-order valence-electron chi connectivity index (χ0n) is 23.1. The first-order chi connectivity index (χ1) is 17.7. The van der Waals surface area contributed by atoms with Crippen molar-refractivity contribution in [3.63, 3.8) is 0 Å². The number of anilines is 1. The monoisotopic (exact) mass is 524 g/mol. The van der Waals surface area contributed by atoms with E-state index >= 15 is 0 Å². The lowest BCUT2D eigenvalue weighted by molar-refractivity contribution is 0.120. The summed E-state index contributed by atoms with van der Waals surface area (Å²) in [5.41, 5.74) is 4.16. The first kappa shape index (κ1) is 27.8. The number of urea groups is 1. The Morgan fingerprint density at radius 1 is 0.919 bits per heavy atom. The number of aromatic hydroxyl groups is 1. The van der Waals surface area contributed by atoms with Gasteiger partial charge >= 0.3 is 6.03 Å². The molecule has 0 aromatic heterocycles. The van der Waals surface area contributed by atoms with Gasteiger partial charge in [0.15, 0.2) is 0 Å². The van der Waals surface area contributed by atoms with Gasteiger partial charge in [0.05, 0.1) is 0 Å². The van der Waals surface area contributed by atoms with Gasteiger partial charge in [-0.1, -0.05) is 95.7 Å². The maximum absolute atomic E-state index is 14.0. The fourth-order valence-corrected chi connectivity index (χ4v) is 6.81. The highest BCUT2D eigenvalue weighted by atomic mass is 35.5. The second kappa shape index (κ2) is 12.6. The van der Waals surface area contributed by atoms with Crippen molar-refractivity contribution >= 4 is 23.3 Å². The Labute approximate surface area is 228 Å². The third kappa shape index (κ3) is 6.82. The smallest absolute Gasteiger partial charge is 0.322 e. The van der Waals surface area contributed by atoms with E-state index in [9.17, 15) is 9.90 Å². The predicted octanol–water partition coefficient (Wildman–Crippen LogP) is 9.47. The van der Waals surface area contributed by atoms with Gasteiger partial charge in [0.1, 0.15) is 5.75 Å². The van der Waals surface area contributed by atoms with Crippen molar-refractivity contribution in [2.75, 3.05) is 5.32 Å². The number of phenolic OH excluding ortho intramolecular Hbond substituents is 1. The molecule has 0 heterocycles. The lowest BCUT2D eigenvalue weighted by Crippen LogP contribution is -2.45. The van der Waals surface area contributed by atoms with Gasteiger partial charge in [-0.25, -0.2) is 4.79 Å². The van der Waals surface area contributed by atoms with Crippen LogP contribution in [0.5, 0.6) is 5.75 Å². The van der Waals surface area contributed by atoms with Crippen LogP contribution in [0.4, 0.5) is 10.5 Å². The molecular formula is C32H45ClN2O2. The number of carbonyl (C=O) groups excluding carboxylic acids is 1.